The minimum Gasteiger partial charge on any atom is -0.250 e. The summed E-state index contributed by atoms with van der Waals surface area (Å²) in [4.78, 5) is 4.04. The molecular formula is C6H13BN3P. The second kappa shape index (κ2) is 2.94. The molecule has 0 amide bonds. The third-order valence-corrected chi connectivity index (χ3v) is 1.55. The summed E-state index contributed by atoms with van der Waals surface area (Å²) in [5.41, 5.74) is 0. The Morgan fingerprint density at radius 2 is 2.45 bits per heavy atom. The minimum atomic E-state index is 0.193. The molecule has 5 heteroatoms. The second-order valence-electron chi connectivity index (χ2n) is 3.45. The van der Waals surface area contributed by atoms with Gasteiger partial charge < -0.3 is 0 Å². The van der Waals surface area contributed by atoms with E-state index in [9.17, 15) is 0 Å². The topological polar surface area (TPSA) is 30.7 Å². The van der Waals surface area contributed by atoms with Gasteiger partial charge in [-0.05, 0) is 12.0 Å². The van der Waals surface area contributed by atoms with E-state index < -0.39 is 0 Å². The van der Waals surface area contributed by atoms with E-state index in [0.29, 0.717) is 0 Å². The molecule has 0 radical (unpaired) electrons. The lowest BCUT2D eigenvalue weighted by Crippen LogP contribution is -2.24. The number of rotatable bonds is 2. The van der Waals surface area contributed by atoms with E-state index in [1.807, 2.05) is 11.6 Å². The number of aromatic nitrogens is 3. The zero-order valence-electron chi connectivity index (χ0n) is 7.20. The van der Waals surface area contributed by atoms with Crippen molar-refractivity contribution in [1.29, 1.82) is 0 Å². The van der Waals surface area contributed by atoms with Crippen molar-refractivity contribution >= 4 is 17.1 Å². The van der Waals surface area contributed by atoms with Gasteiger partial charge in [0.25, 0.3) is 0 Å². The van der Waals surface area contributed by atoms with Gasteiger partial charge in [-0.1, -0.05) is 6.92 Å². The molecular weight excluding hydrogens is 156 g/mol. The molecule has 0 aliphatic heterocycles. The Labute approximate surface area is 70.2 Å². The molecule has 0 bridgehead atoms. The summed E-state index contributed by atoms with van der Waals surface area (Å²) in [5, 5.41) is 4.29. The normalized spacial score (nSPS) is 16.3. The van der Waals surface area contributed by atoms with E-state index in [2.05, 4.69) is 34.1 Å². The zero-order chi connectivity index (χ0) is 8.48. The van der Waals surface area contributed by atoms with E-state index in [1.54, 1.807) is 6.33 Å². The van der Waals surface area contributed by atoms with Crippen LogP contribution in [0.25, 0.3) is 0 Å². The van der Waals surface area contributed by atoms with Gasteiger partial charge in [-0.2, -0.15) is 5.10 Å². The Morgan fingerprint density at radius 1 is 1.82 bits per heavy atom. The quantitative estimate of drug-likeness (QED) is 0.453. The SMILES string of the molecule is BC(C)(P)Cn1ncnc1C. The molecule has 11 heavy (non-hydrogen) atoms. The highest BCUT2D eigenvalue weighted by Gasteiger charge is 2.12. The zero-order valence-corrected chi connectivity index (χ0v) is 8.36. The van der Waals surface area contributed by atoms with Crippen LogP contribution in [0, 0.1) is 6.92 Å². The second-order valence-corrected chi connectivity index (χ2v) is 5.02. The lowest BCUT2D eigenvalue weighted by Gasteiger charge is -2.17. The van der Waals surface area contributed by atoms with Crippen molar-refractivity contribution in [2.75, 3.05) is 0 Å². The first-order valence-corrected chi connectivity index (χ1v) is 4.20. The predicted molar refractivity (Wildman–Crippen MR) is 51.4 cm³/mol. The maximum Gasteiger partial charge on any atom is 0.138 e. The fourth-order valence-electron chi connectivity index (χ4n) is 0.863. The van der Waals surface area contributed by atoms with Gasteiger partial charge in [-0.15, -0.1) is 9.24 Å². The van der Waals surface area contributed by atoms with Crippen LogP contribution in [0.5, 0.6) is 0 Å². The molecule has 2 atom stereocenters. The molecule has 0 fully saturated rings. The van der Waals surface area contributed by atoms with Gasteiger partial charge in [0, 0.05) is 6.54 Å². The molecule has 1 rings (SSSR count). The molecule has 2 unspecified atom stereocenters. The van der Waals surface area contributed by atoms with Crippen LogP contribution in [0.2, 0.25) is 0 Å². The Balaban J connectivity index is 2.72. The van der Waals surface area contributed by atoms with Crippen LogP contribution < -0.4 is 0 Å². The first-order chi connectivity index (χ1) is 4.99. The van der Waals surface area contributed by atoms with Gasteiger partial charge in [-0.25, -0.2) is 4.98 Å². The average Bonchev–Trinajstić information content (AvgIpc) is 2.12. The number of aryl methyl sites for hydroxylation is 1. The summed E-state index contributed by atoms with van der Waals surface area (Å²) in [6, 6.07) is 0. The fourth-order valence-corrected chi connectivity index (χ4v) is 1.04. The highest BCUT2D eigenvalue weighted by atomic mass is 31.0. The van der Waals surface area contributed by atoms with Crippen LogP contribution in [0.1, 0.15) is 12.7 Å². The molecule has 0 aliphatic rings. The van der Waals surface area contributed by atoms with Crippen LogP contribution in [0.15, 0.2) is 6.33 Å². The maximum absolute atomic E-state index is 4.09. The summed E-state index contributed by atoms with van der Waals surface area (Å²) in [6.07, 6.45) is 1.59. The molecule has 3 nitrogen and oxygen atoms in total. The molecule has 1 aromatic heterocycles. The van der Waals surface area contributed by atoms with Crippen LogP contribution in [-0.4, -0.2) is 27.7 Å². The van der Waals surface area contributed by atoms with Crippen molar-refractivity contribution in [2.45, 2.75) is 25.4 Å². The van der Waals surface area contributed by atoms with Crippen molar-refractivity contribution in [3.63, 3.8) is 0 Å². The Bertz CT molecular complexity index is 240. The Hall–Kier alpha value is -0.365. The lowest BCUT2D eigenvalue weighted by atomic mass is 9.88. The number of hydrogen-bond donors (Lipinski definition) is 0. The number of nitrogens with zero attached hydrogens (tertiary/aromatic N) is 3. The van der Waals surface area contributed by atoms with E-state index >= 15 is 0 Å². The summed E-state index contributed by atoms with van der Waals surface area (Å²) >= 11 is 0. The monoisotopic (exact) mass is 169 g/mol. The van der Waals surface area contributed by atoms with E-state index in [4.69, 9.17) is 0 Å². The predicted octanol–water partition coefficient (Wildman–Crippen LogP) is -0.189. The maximum atomic E-state index is 4.09. The highest BCUT2D eigenvalue weighted by molar-refractivity contribution is 7.22. The van der Waals surface area contributed by atoms with E-state index in [-0.39, 0.29) is 5.06 Å². The third-order valence-electron chi connectivity index (χ3n) is 1.37. The van der Waals surface area contributed by atoms with Crippen molar-refractivity contribution < 1.29 is 0 Å². The molecule has 0 spiro atoms. The van der Waals surface area contributed by atoms with Gasteiger partial charge in [0.2, 0.25) is 0 Å². The number of hydrogen-bond acceptors (Lipinski definition) is 2. The fraction of sp³-hybridized carbons (Fsp3) is 0.667. The summed E-state index contributed by atoms with van der Waals surface area (Å²) in [6.45, 7) is 5.01. The molecule has 0 saturated heterocycles. The van der Waals surface area contributed by atoms with Gasteiger partial charge in [0.15, 0.2) is 0 Å². The van der Waals surface area contributed by atoms with E-state index in [1.165, 1.54) is 0 Å². The standard InChI is InChI=1S/C6H13BN3P/c1-5-8-4-9-10(5)3-6(2,7)11/h4H,3,7,11H2,1-2H3. The summed E-state index contributed by atoms with van der Waals surface area (Å²) in [7, 11) is 4.94. The Morgan fingerprint density at radius 3 is 2.82 bits per heavy atom. The van der Waals surface area contributed by atoms with Crippen molar-refractivity contribution in [1.82, 2.24) is 14.8 Å². The first-order valence-electron chi connectivity index (χ1n) is 3.62. The van der Waals surface area contributed by atoms with Crippen molar-refractivity contribution in [3.8, 4) is 0 Å². The smallest absolute Gasteiger partial charge is 0.138 e. The molecule has 0 aromatic carbocycles. The largest absolute Gasteiger partial charge is 0.250 e. The molecule has 0 saturated carbocycles. The minimum absolute atomic E-state index is 0.193. The molecule has 0 N–H and O–H groups in total. The molecule has 1 aromatic rings. The first kappa shape index (κ1) is 8.73. The molecule has 60 valence electrons. The van der Waals surface area contributed by atoms with Crippen LogP contribution >= 0.6 is 9.24 Å². The van der Waals surface area contributed by atoms with Crippen molar-refractivity contribution in [2.24, 2.45) is 0 Å². The van der Waals surface area contributed by atoms with Crippen molar-refractivity contribution in [3.05, 3.63) is 12.2 Å². The van der Waals surface area contributed by atoms with Crippen LogP contribution in [0.3, 0.4) is 0 Å². The van der Waals surface area contributed by atoms with Crippen LogP contribution in [-0.2, 0) is 6.54 Å². The Kier molecular flexibility index (Phi) is 2.33. The van der Waals surface area contributed by atoms with Gasteiger partial charge in [-0.3, -0.25) is 4.68 Å². The average molecular weight is 169 g/mol. The van der Waals surface area contributed by atoms with Gasteiger partial charge in [0.1, 0.15) is 20.0 Å². The summed E-state index contributed by atoms with van der Waals surface area (Å²) < 4.78 is 1.91. The van der Waals surface area contributed by atoms with E-state index in [0.717, 1.165) is 12.4 Å². The molecule has 1 heterocycles. The van der Waals surface area contributed by atoms with Gasteiger partial charge in [0.05, 0.1) is 0 Å². The third kappa shape index (κ3) is 2.62. The highest BCUT2D eigenvalue weighted by Crippen LogP contribution is 2.14. The lowest BCUT2D eigenvalue weighted by molar-refractivity contribution is 0.566. The molecule has 0 aliphatic carbocycles. The summed E-state index contributed by atoms with van der Waals surface area (Å²) in [5.74, 6) is 0.973. The van der Waals surface area contributed by atoms with Crippen LogP contribution in [0.4, 0.5) is 0 Å². The van der Waals surface area contributed by atoms with Gasteiger partial charge >= 0.3 is 0 Å².